The molecule has 1 atom stereocenters. The Kier molecular flexibility index (Phi) is 8.62. The number of nitrogens with zero attached hydrogens (tertiary/aromatic N) is 3. The number of alkyl halides is 3. The Morgan fingerprint density at radius 3 is 2.40 bits per heavy atom. The van der Waals surface area contributed by atoms with Crippen molar-refractivity contribution in [3.63, 3.8) is 0 Å². The van der Waals surface area contributed by atoms with Crippen molar-refractivity contribution in [2.75, 3.05) is 31.5 Å². The fourth-order valence-corrected chi connectivity index (χ4v) is 6.25. The highest BCUT2D eigenvalue weighted by Crippen LogP contribution is 2.35. The Bertz CT molecular complexity index is 1460. The molecule has 0 unspecified atom stereocenters. The van der Waals surface area contributed by atoms with Crippen LogP contribution >= 0.6 is 0 Å². The summed E-state index contributed by atoms with van der Waals surface area (Å²) in [4.78, 5) is 5.23. The van der Waals surface area contributed by atoms with E-state index in [9.17, 15) is 26.0 Å². The maximum atomic E-state index is 13.5. The Balaban J connectivity index is 1.67. The van der Waals surface area contributed by atoms with E-state index in [1.54, 1.807) is 12.1 Å². The van der Waals surface area contributed by atoms with Crippen LogP contribution < -0.4 is 5.32 Å². The molecule has 0 aliphatic carbocycles. The van der Waals surface area contributed by atoms with E-state index in [0.29, 0.717) is 42.0 Å². The van der Waals surface area contributed by atoms with E-state index in [4.69, 9.17) is 5.41 Å². The topological polar surface area (TPSA) is 89.4 Å². The third-order valence-corrected chi connectivity index (χ3v) is 8.64. The number of rotatable bonds is 8. The number of hydrogen-bond donors (Lipinski definition) is 2. The molecule has 1 fully saturated rings. The molecule has 2 heterocycles. The van der Waals surface area contributed by atoms with Crippen LogP contribution in [-0.4, -0.2) is 55.0 Å². The SMILES string of the molecule is Cc1cc(Nc2ccc(F)cc2)c(C=N)cc1[C@H]1CN(S(=O)(=O)c2ccc(C(F)(F)F)nc2)CCN1CC(C)C. The minimum atomic E-state index is -4.67. The van der Waals surface area contributed by atoms with Crippen LogP contribution in [0.1, 0.15) is 42.3 Å². The molecule has 1 saturated heterocycles. The maximum Gasteiger partial charge on any atom is 0.433 e. The van der Waals surface area contributed by atoms with Crippen LogP contribution in [0.25, 0.3) is 0 Å². The average Bonchev–Trinajstić information content (AvgIpc) is 2.90. The van der Waals surface area contributed by atoms with Gasteiger partial charge in [-0.3, -0.25) is 9.88 Å². The highest BCUT2D eigenvalue weighted by molar-refractivity contribution is 7.89. The lowest BCUT2D eigenvalue weighted by molar-refractivity contribution is -0.141. The summed E-state index contributed by atoms with van der Waals surface area (Å²) in [5, 5.41) is 11.2. The second-order valence-electron chi connectivity index (χ2n) is 10.2. The van der Waals surface area contributed by atoms with Crippen LogP contribution in [0.15, 0.2) is 59.6 Å². The summed E-state index contributed by atoms with van der Waals surface area (Å²) in [5.74, 6) is -0.0646. The largest absolute Gasteiger partial charge is 0.433 e. The predicted octanol–water partition coefficient (Wildman–Crippen LogP) is 5.99. The van der Waals surface area contributed by atoms with Crippen molar-refractivity contribution in [1.82, 2.24) is 14.2 Å². The first-order chi connectivity index (χ1) is 18.8. The van der Waals surface area contributed by atoms with E-state index in [2.05, 4.69) is 29.0 Å². The number of anilines is 2. The molecule has 3 aromatic rings. The van der Waals surface area contributed by atoms with Crippen molar-refractivity contribution < 1.29 is 26.0 Å². The van der Waals surface area contributed by atoms with Crippen LogP contribution in [0.3, 0.4) is 0 Å². The molecule has 0 amide bonds. The molecule has 40 heavy (non-hydrogen) atoms. The third kappa shape index (κ3) is 6.51. The van der Waals surface area contributed by atoms with Gasteiger partial charge in [-0.25, -0.2) is 12.8 Å². The summed E-state index contributed by atoms with van der Waals surface area (Å²) in [6.07, 6.45) is -2.72. The summed E-state index contributed by atoms with van der Waals surface area (Å²) >= 11 is 0. The van der Waals surface area contributed by atoms with Crippen LogP contribution in [0.5, 0.6) is 0 Å². The molecule has 12 heteroatoms. The molecule has 0 spiro atoms. The fraction of sp³-hybridized carbons (Fsp3) is 0.357. The number of hydrogen-bond acceptors (Lipinski definition) is 6. The highest BCUT2D eigenvalue weighted by Gasteiger charge is 2.37. The molecule has 2 N–H and O–H groups in total. The summed E-state index contributed by atoms with van der Waals surface area (Å²) in [6, 6.07) is 10.8. The first kappa shape index (κ1) is 29.6. The minimum absolute atomic E-state index is 0.0824. The van der Waals surface area contributed by atoms with Gasteiger partial charge in [0, 0.05) is 61.6 Å². The van der Waals surface area contributed by atoms with E-state index in [-0.39, 0.29) is 29.8 Å². The Hall–Kier alpha value is -3.35. The van der Waals surface area contributed by atoms with Gasteiger partial charge in [0.25, 0.3) is 0 Å². The molecule has 0 saturated carbocycles. The number of nitrogens with one attached hydrogen (secondary N) is 2. The molecule has 1 aliphatic heterocycles. The predicted molar refractivity (Wildman–Crippen MR) is 146 cm³/mol. The first-order valence-electron chi connectivity index (χ1n) is 12.7. The molecule has 1 aliphatic rings. The zero-order valence-corrected chi connectivity index (χ0v) is 23.2. The first-order valence-corrected chi connectivity index (χ1v) is 14.2. The summed E-state index contributed by atoms with van der Waals surface area (Å²) in [7, 11) is -4.11. The van der Waals surface area contributed by atoms with Crippen LogP contribution in [-0.2, 0) is 16.2 Å². The van der Waals surface area contributed by atoms with Crippen molar-refractivity contribution in [2.24, 2.45) is 5.92 Å². The lowest BCUT2D eigenvalue weighted by atomic mass is 9.94. The number of aromatic nitrogens is 1. The summed E-state index contributed by atoms with van der Waals surface area (Å²) < 4.78 is 80.4. The van der Waals surface area contributed by atoms with Crippen molar-refractivity contribution >= 4 is 27.6 Å². The number of pyridine rings is 1. The van der Waals surface area contributed by atoms with E-state index < -0.39 is 21.9 Å². The normalized spacial score (nSPS) is 17.2. The van der Waals surface area contributed by atoms with Gasteiger partial charge >= 0.3 is 6.18 Å². The van der Waals surface area contributed by atoms with Gasteiger partial charge in [-0.15, -0.1) is 0 Å². The minimum Gasteiger partial charge on any atom is -0.355 e. The second kappa shape index (κ2) is 11.6. The van der Waals surface area contributed by atoms with Crippen molar-refractivity contribution in [1.29, 1.82) is 5.41 Å². The van der Waals surface area contributed by atoms with Crippen molar-refractivity contribution in [2.45, 2.75) is 37.9 Å². The quantitative estimate of drug-likeness (QED) is 0.254. The monoisotopic (exact) mass is 577 g/mol. The van der Waals surface area contributed by atoms with Gasteiger partial charge in [0.1, 0.15) is 16.4 Å². The van der Waals surface area contributed by atoms with E-state index in [1.165, 1.54) is 22.7 Å². The standard InChI is InChI=1S/C28H31F4N5O2S/c1-18(2)16-36-10-11-37(40(38,39)23-8-9-27(34-15-23)28(30,31)32)17-26(36)24-13-20(14-33)25(12-19(24)3)35-22-6-4-21(29)5-7-22/h4-9,12-15,18,26,33,35H,10-11,16-17H2,1-3H3/t26-/m1/s1. The molecular formula is C28H31F4N5O2S. The molecular weight excluding hydrogens is 546 g/mol. The molecule has 4 rings (SSSR count). The molecule has 0 bridgehead atoms. The van der Waals surface area contributed by atoms with Gasteiger partial charge in [-0.1, -0.05) is 13.8 Å². The fourth-order valence-electron chi connectivity index (χ4n) is 4.86. The van der Waals surface area contributed by atoms with Gasteiger partial charge in [0.2, 0.25) is 10.0 Å². The van der Waals surface area contributed by atoms with Gasteiger partial charge in [0.15, 0.2) is 0 Å². The van der Waals surface area contributed by atoms with E-state index in [1.807, 2.05) is 19.1 Å². The zero-order chi connectivity index (χ0) is 29.2. The lowest BCUT2D eigenvalue weighted by Gasteiger charge is -2.42. The Labute approximate surface area is 231 Å². The van der Waals surface area contributed by atoms with Crippen LogP contribution in [0.4, 0.5) is 28.9 Å². The van der Waals surface area contributed by atoms with Crippen molar-refractivity contribution in [3.8, 4) is 0 Å². The molecule has 214 valence electrons. The summed E-state index contributed by atoms with van der Waals surface area (Å²) in [5.41, 5.74) is 2.42. The van der Waals surface area contributed by atoms with Gasteiger partial charge in [0.05, 0.1) is 0 Å². The van der Waals surface area contributed by atoms with Gasteiger partial charge in [-0.2, -0.15) is 17.5 Å². The van der Waals surface area contributed by atoms with E-state index >= 15 is 0 Å². The maximum absolute atomic E-state index is 13.5. The summed E-state index contributed by atoms with van der Waals surface area (Å²) in [6.45, 7) is 7.42. The molecule has 0 radical (unpaired) electrons. The smallest absolute Gasteiger partial charge is 0.355 e. The second-order valence-corrected chi connectivity index (χ2v) is 12.2. The third-order valence-electron chi connectivity index (χ3n) is 6.79. The average molecular weight is 578 g/mol. The molecule has 1 aromatic heterocycles. The Morgan fingerprint density at radius 1 is 1.12 bits per heavy atom. The van der Waals surface area contributed by atoms with Crippen LogP contribution in [0.2, 0.25) is 0 Å². The van der Waals surface area contributed by atoms with Crippen molar-refractivity contribution in [3.05, 3.63) is 82.9 Å². The number of benzene rings is 2. The molecule has 2 aromatic carbocycles. The number of aryl methyl sites for hydroxylation is 1. The van der Waals surface area contributed by atoms with E-state index in [0.717, 1.165) is 23.4 Å². The number of sulfonamides is 1. The lowest BCUT2D eigenvalue weighted by Crippen LogP contribution is -2.51. The van der Waals surface area contributed by atoms with Gasteiger partial charge < -0.3 is 10.7 Å². The Morgan fingerprint density at radius 2 is 1.82 bits per heavy atom. The number of piperazine rings is 1. The zero-order valence-electron chi connectivity index (χ0n) is 22.3. The van der Waals surface area contributed by atoms with Gasteiger partial charge in [-0.05, 0) is 72.5 Å². The molecule has 7 nitrogen and oxygen atoms in total. The van der Waals surface area contributed by atoms with Crippen LogP contribution in [0, 0.1) is 24.1 Å². The highest BCUT2D eigenvalue weighted by atomic mass is 32.2. The number of halogens is 4.